The second-order valence-corrected chi connectivity index (χ2v) is 3.52. The van der Waals surface area contributed by atoms with Crippen molar-refractivity contribution in [1.29, 1.82) is 0 Å². The predicted octanol–water partition coefficient (Wildman–Crippen LogP) is 2.66. The lowest BCUT2D eigenvalue weighted by molar-refractivity contribution is 0.0692. The van der Waals surface area contributed by atoms with Gasteiger partial charge in [0.1, 0.15) is 5.56 Å². The molecule has 3 nitrogen and oxygen atoms in total. The molecular formula is C7H3BrClF2NO2. The molecule has 0 atom stereocenters. The van der Waals surface area contributed by atoms with Crippen molar-refractivity contribution in [3.63, 3.8) is 0 Å². The molecule has 1 aromatic carbocycles. The van der Waals surface area contributed by atoms with Gasteiger partial charge in [0, 0.05) is 0 Å². The highest BCUT2D eigenvalue weighted by molar-refractivity contribution is 9.10. The molecule has 0 aliphatic carbocycles. The van der Waals surface area contributed by atoms with Crippen LogP contribution in [0.1, 0.15) is 10.4 Å². The van der Waals surface area contributed by atoms with Crippen molar-refractivity contribution in [3.05, 3.63) is 26.7 Å². The third-order valence-corrected chi connectivity index (χ3v) is 2.85. The van der Waals surface area contributed by atoms with Crippen LogP contribution in [-0.2, 0) is 0 Å². The minimum Gasteiger partial charge on any atom is -0.478 e. The number of carboxylic acids is 1. The van der Waals surface area contributed by atoms with Gasteiger partial charge in [-0.1, -0.05) is 11.6 Å². The molecule has 76 valence electrons. The highest BCUT2D eigenvalue weighted by atomic mass is 79.9. The number of carbonyl (C=O) groups is 1. The van der Waals surface area contributed by atoms with Crippen molar-refractivity contribution < 1.29 is 18.7 Å². The molecule has 1 aromatic rings. The van der Waals surface area contributed by atoms with Gasteiger partial charge < -0.3 is 10.8 Å². The van der Waals surface area contributed by atoms with Crippen molar-refractivity contribution in [2.45, 2.75) is 0 Å². The molecule has 0 aliphatic rings. The van der Waals surface area contributed by atoms with Crippen molar-refractivity contribution in [2.24, 2.45) is 0 Å². The molecule has 0 radical (unpaired) electrons. The summed E-state index contributed by atoms with van der Waals surface area (Å²) in [6.07, 6.45) is 0. The van der Waals surface area contributed by atoms with Crippen LogP contribution in [0.5, 0.6) is 0 Å². The molecule has 0 aliphatic heterocycles. The van der Waals surface area contributed by atoms with Gasteiger partial charge in [-0.05, 0) is 15.9 Å². The van der Waals surface area contributed by atoms with Crippen molar-refractivity contribution in [2.75, 3.05) is 5.73 Å². The summed E-state index contributed by atoms with van der Waals surface area (Å²) in [5, 5.41) is 7.88. The maximum atomic E-state index is 13.2. The Morgan fingerprint density at radius 3 is 2.36 bits per heavy atom. The third-order valence-electron chi connectivity index (χ3n) is 1.52. The second-order valence-electron chi connectivity index (χ2n) is 2.35. The number of hydrogen-bond acceptors (Lipinski definition) is 2. The fraction of sp³-hybridized carbons (Fsp3) is 0. The SMILES string of the molecule is Nc1c(F)c(Br)c(Cl)c(F)c1C(=O)O. The standard InChI is InChI=1S/C7H3BrClF2NO2/c8-2-3(9)4(10)1(7(13)14)6(12)5(2)11/h12H2,(H,13,14). The number of nitrogens with two attached hydrogens (primary N) is 1. The van der Waals surface area contributed by atoms with E-state index < -0.39 is 33.9 Å². The van der Waals surface area contributed by atoms with Crippen LogP contribution in [0.25, 0.3) is 0 Å². The Morgan fingerprint density at radius 2 is 1.93 bits per heavy atom. The molecule has 0 fully saturated rings. The number of anilines is 1. The van der Waals surface area contributed by atoms with Gasteiger partial charge in [0.25, 0.3) is 0 Å². The molecule has 0 heterocycles. The fourth-order valence-corrected chi connectivity index (χ4v) is 1.42. The molecule has 3 N–H and O–H groups in total. The normalized spacial score (nSPS) is 10.3. The summed E-state index contributed by atoms with van der Waals surface area (Å²) < 4.78 is 25.9. The molecule has 1 rings (SSSR count). The van der Waals surface area contributed by atoms with Gasteiger partial charge in [-0.15, -0.1) is 0 Å². The Hall–Kier alpha value is -0.880. The second kappa shape index (κ2) is 3.70. The van der Waals surface area contributed by atoms with E-state index in [0.29, 0.717) is 0 Å². The first-order valence-corrected chi connectivity index (χ1v) is 4.39. The smallest absolute Gasteiger partial charge is 0.340 e. The van der Waals surface area contributed by atoms with E-state index in [1.807, 2.05) is 0 Å². The first-order chi connectivity index (χ1) is 6.37. The first-order valence-electron chi connectivity index (χ1n) is 3.22. The van der Waals surface area contributed by atoms with Gasteiger partial charge in [0.2, 0.25) is 0 Å². The van der Waals surface area contributed by atoms with E-state index in [9.17, 15) is 13.6 Å². The highest BCUT2D eigenvalue weighted by Crippen LogP contribution is 2.35. The van der Waals surface area contributed by atoms with Gasteiger partial charge in [-0.2, -0.15) is 0 Å². The van der Waals surface area contributed by atoms with Crippen LogP contribution in [0.3, 0.4) is 0 Å². The lowest BCUT2D eigenvalue weighted by Crippen LogP contribution is -2.09. The number of halogens is 4. The number of carboxylic acid groups (broad SMARTS) is 1. The molecule has 0 saturated carbocycles. The molecule has 0 amide bonds. The summed E-state index contributed by atoms with van der Waals surface area (Å²) in [6.45, 7) is 0. The topological polar surface area (TPSA) is 63.3 Å². The lowest BCUT2D eigenvalue weighted by Gasteiger charge is -2.07. The van der Waals surface area contributed by atoms with Crippen LogP contribution in [0, 0.1) is 11.6 Å². The number of hydrogen-bond donors (Lipinski definition) is 2. The van der Waals surface area contributed by atoms with E-state index in [1.165, 1.54) is 0 Å². The summed E-state index contributed by atoms with van der Waals surface area (Å²) in [6, 6.07) is 0. The van der Waals surface area contributed by atoms with E-state index in [-0.39, 0.29) is 4.47 Å². The van der Waals surface area contributed by atoms with E-state index in [0.717, 1.165) is 0 Å². The van der Waals surface area contributed by atoms with E-state index in [4.69, 9.17) is 22.4 Å². The van der Waals surface area contributed by atoms with Gasteiger partial charge >= 0.3 is 5.97 Å². The Labute approximate surface area is 90.6 Å². The fourth-order valence-electron chi connectivity index (χ4n) is 0.858. The summed E-state index contributed by atoms with van der Waals surface area (Å²) >= 11 is 7.97. The predicted molar refractivity (Wildman–Crippen MR) is 50.4 cm³/mol. The summed E-state index contributed by atoms with van der Waals surface area (Å²) in [5.41, 5.74) is 3.32. The summed E-state index contributed by atoms with van der Waals surface area (Å²) in [7, 11) is 0. The molecule has 0 bridgehead atoms. The number of nitrogen functional groups attached to an aromatic ring is 1. The zero-order valence-electron chi connectivity index (χ0n) is 6.44. The maximum absolute atomic E-state index is 13.2. The maximum Gasteiger partial charge on any atom is 0.340 e. The van der Waals surface area contributed by atoms with Gasteiger partial charge in [0.15, 0.2) is 11.6 Å². The number of benzene rings is 1. The highest BCUT2D eigenvalue weighted by Gasteiger charge is 2.24. The molecule has 0 saturated heterocycles. The molecule has 14 heavy (non-hydrogen) atoms. The van der Waals surface area contributed by atoms with Crippen LogP contribution in [0.15, 0.2) is 4.47 Å². The first kappa shape index (κ1) is 11.2. The Kier molecular flexibility index (Phi) is 2.96. The Balaban J connectivity index is 3.68. The van der Waals surface area contributed by atoms with E-state index in [2.05, 4.69) is 15.9 Å². The van der Waals surface area contributed by atoms with Crippen molar-refractivity contribution in [1.82, 2.24) is 0 Å². The summed E-state index contributed by atoms with van der Waals surface area (Å²) in [4.78, 5) is 10.5. The van der Waals surface area contributed by atoms with Gasteiger partial charge in [-0.25, -0.2) is 13.6 Å². The average Bonchev–Trinajstić information content (AvgIpc) is 2.11. The van der Waals surface area contributed by atoms with Crippen LogP contribution in [-0.4, -0.2) is 11.1 Å². The van der Waals surface area contributed by atoms with Gasteiger partial charge in [0.05, 0.1) is 15.2 Å². The van der Waals surface area contributed by atoms with Crippen molar-refractivity contribution in [3.8, 4) is 0 Å². The largest absolute Gasteiger partial charge is 0.478 e. The van der Waals surface area contributed by atoms with Gasteiger partial charge in [-0.3, -0.25) is 0 Å². The van der Waals surface area contributed by atoms with Crippen LogP contribution in [0.4, 0.5) is 14.5 Å². The lowest BCUT2D eigenvalue weighted by atomic mass is 10.1. The van der Waals surface area contributed by atoms with E-state index >= 15 is 0 Å². The minimum absolute atomic E-state index is 0.390. The molecule has 0 aromatic heterocycles. The molecule has 0 unspecified atom stereocenters. The monoisotopic (exact) mass is 285 g/mol. The quantitative estimate of drug-likeness (QED) is 0.474. The van der Waals surface area contributed by atoms with Crippen LogP contribution < -0.4 is 5.73 Å². The molecule has 7 heteroatoms. The minimum atomic E-state index is -1.67. The Bertz CT molecular complexity index is 396. The number of rotatable bonds is 1. The Morgan fingerprint density at radius 1 is 1.43 bits per heavy atom. The average molecular weight is 286 g/mol. The zero-order valence-corrected chi connectivity index (χ0v) is 8.79. The third kappa shape index (κ3) is 1.55. The van der Waals surface area contributed by atoms with Crippen molar-refractivity contribution >= 4 is 39.2 Å². The summed E-state index contributed by atoms with van der Waals surface area (Å²) in [5.74, 6) is -4.02. The molecule has 0 spiro atoms. The van der Waals surface area contributed by atoms with Crippen LogP contribution >= 0.6 is 27.5 Å². The van der Waals surface area contributed by atoms with Crippen LogP contribution in [0.2, 0.25) is 5.02 Å². The molecular weight excluding hydrogens is 283 g/mol. The van der Waals surface area contributed by atoms with E-state index in [1.54, 1.807) is 0 Å². The zero-order chi connectivity index (χ0) is 11.0. The number of aromatic carboxylic acids is 1.